The van der Waals surface area contributed by atoms with Crippen LogP contribution in [0.2, 0.25) is 0 Å². The first-order valence-electron chi connectivity index (χ1n) is 3.89. The summed E-state index contributed by atoms with van der Waals surface area (Å²) in [5.41, 5.74) is 0. The van der Waals surface area contributed by atoms with Crippen molar-refractivity contribution < 1.29 is 9.59 Å². The van der Waals surface area contributed by atoms with Gasteiger partial charge in [0.15, 0.2) is 0 Å². The highest BCUT2D eigenvalue weighted by Gasteiger charge is 2.01. The van der Waals surface area contributed by atoms with Gasteiger partial charge in [0.1, 0.15) is 11.6 Å². The van der Waals surface area contributed by atoms with Crippen LogP contribution in [0.4, 0.5) is 0 Å². The van der Waals surface area contributed by atoms with Gasteiger partial charge in [0.2, 0.25) is 0 Å². The van der Waals surface area contributed by atoms with Crippen molar-refractivity contribution in [2.24, 2.45) is 5.92 Å². The maximum Gasteiger partial charge on any atom is 0.132 e. The molecule has 0 saturated heterocycles. The molecule has 0 aliphatic carbocycles. The fourth-order valence-corrected chi connectivity index (χ4v) is 0.287. The Hall–Kier alpha value is -0.660. The number of carbonyl (C=O) groups excluding carboxylic acids is 2. The Balaban J connectivity index is 0. The zero-order valence-electron chi connectivity index (χ0n) is 8.10. The highest BCUT2D eigenvalue weighted by atomic mass is 16.1. The largest absolute Gasteiger partial charge is 0.300 e. The summed E-state index contributed by atoms with van der Waals surface area (Å²) in [5.74, 6) is 0.725. The van der Waals surface area contributed by atoms with Crippen molar-refractivity contribution in [2.45, 2.75) is 41.0 Å². The van der Waals surface area contributed by atoms with E-state index in [2.05, 4.69) is 0 Å². The van der Waals surface area contributed by atoms with Gasteiger partial charge in [-0.1, -0.05) is 13.8 Å². The third-order valence-corrected chi connectivity index (χ3v) is 1.31. The van der Waals surface area contributed by atoms with Crippen LogP contribution in [-0.2, 0) is 9.59 Å². The van der Waals surface area contributed by atoms with E-state index in [9.17, 15) is 9.59 Å². The van der Waals surface area contributed by atoms with Crippen LogP contribution >= 0.6 is 0 Å². The predicted molar refractivity (Wildman–Crippen MR) is 46.5 cm³/mol. The SMILES string of the molecule is CC(C)=O.CCC(C)C(C)=O. The topological polar surface area (TPSA) is 34.1 Å². The fraction of sp³-hybridized carbons (Fsp3) is 0.778. The number of hydrogen-bond acceptors (Lipinski definition) is 2. The molecule has 0 aromatic rings. The van der Waals surface area contributed by atoms with Crippen molar-refractivity contribution in [3.8, 4) is 0 Å². The molecular formula is C9H18O2. The summed E-state index contributed by atoms with van der Waals surface area (Å²) in [6.45, 7) is 8.66. The molecule has 0 aliphatic rings. The number of carbonyl (C=O) groups is 2. The van der Waals surface area contributed by atoms with Gasteiger partial charge in [0.25, 0.3) is 0 Å². The van der Waals surface area contributed by atoms with Crippen molar-refractivity contribution in [1.29, 1.82) is 0 Å². The van der Waals surface area contributed by atoms with Crippen molar-refractivity contribution in [3.05, 3.63) is 0 Å². The standard InChI is InChI=1S/C6H12O.C3H6O/c1-4-5(2)6(3)7;1-3(2)4/h5H,4H2,1-3H3;1-2H3. The second kappa shape index (κ2) is 7.45. The van der Waals surface area contributed by atoms with Gasteiger partial charge in [0.05, 0.1) is 0 Å². The maximum absolute atomic E-state index is 10.4. The minimum absolute atomic E-state index is 0.167. The van der Waals surface area contributed by atoms with Crippen LogP contribution in [0, 0.1) is 5.92 Å². The minimum atomic E-state index is 0.167. The smallest absolute Gasteiger partial charge is 0.132 e. The average Bonchev–Trinajstić information content (AvgIpc) is 1.85. The van der Waals surface area contributed by atoms with E-state index in [0.29, 0.717) is 5.78 Å². The fourth-order valence-electron chi connectivity index (χ4n) is 0.287. The van der Waals surface area contributed by atoms with Crippen molar-refractivity contribution >= 4 is 11.6 Å². The van der Waals surface area contributed by atoms with Crippen LogP contribution in [0.25, 0.3) is 0 Å². The quantitative estimate of drug-likeness (QED) is 0.617. The molecule has 0 bridgehead atoms. The summed E-state index contributed by atoms with van der Waals surface area (Å²) in [6, 6.07) is 0. The van der Waals surface area contributed by atoms with Gasteiger partial charge in [-0.25, -0.2) is 0 Å². The summed E-state index contributed by atoms with van der Waals surface area (Å²) >= 11 is 0. The summed E-state index contributed by atoms with van der Waals surface area (Å²) in [6.07, 6.45) is 0.968. The van der Waals surface area contributed by atoms with Gasteiger partial charge < -0.3 is 4.79 Å². The van der Waals surface area contributed by atoms with E-state index in [4.69, 9.17) is 0 Å². The second-order valence-electron chi connectivity index (χ2n) is 2.83. The molecule has 0 heterocycles. The van der Waals surface area contributed by atoms with Gasteiger partial charge in [-0.15, -0.1) is 0 Å². The van der Waals surface area contributed by atoms with Crippen LogP contribution < -0.4 is 0 Å². The Morgan fingerprint density at radius 1 is 1.18 bits per heavy atom. The molecule has 2 nitrogen and oxygen atoms in total. The number of Topliss-reactive ketones (excluding diaryl/α,β-unsaturated/α-hetero) is 2. The van der Waals surface area contributed by atoms with Crippen LogP contribution in [0.3, 0.4) is 0 Å². The van der Waals surface area contributed by atoms with E-state index >= 15 is 0 Å². The molecule has 0 amide bonds. The average molecular weight is 158 g/mol. The molecule has 0 fully saturated rings. The van der Waals surface area contributed by atoms with Gasteiger partial charge in [0, 0.05) is 5.92 Å². The lowest BCUT2D eigenvalue weighted by atomic mass is 10.1. The Morgan fingerprint density at radius 2 is 1.45 bits per heavy atom. The Bertz CT molecular complexity index is 124. The highest BCUT2D eigenvalue weighted by Crippen LogP contribution is 1.99. The van der Waals surface area contributed by atoms with Crippen LogP contribution in [0.15, 0.2) is 0 Å². The molecule has 66 valence electrons. The van der Waals surface area contributed by atoms with Crippen molar-refractivity contribution in [3.63, 3.8) is 0 Å². The van der Waals surface area contributed by atoms with Crippen molar-refractivity contribution in [2.75, 3.05) is 0 Å². The third-order valence-electron chi connectivity index (χ3n) is 1.31. The van der Waals surface area contributed by atoms with E-state index in [1.165, 1.54) is 13.8 Å². The summed E-state index contributed by atoms with van der Waals surface area (Å²) in [4.78, 5) is 19.8. The summed E-state index contributed by atoms with van der Waals surface area (Å²) < 4.78 is 0. The van der Waals surface area contributed by atoms with Crippen LogP contribution in [0.1, 0.15) is 41.0 Å². The molecule has 0 saturated carbocycles. The second-order valence-corrected chi connectivity index (χ2v) is 2.83. The number of hydrogen-bond donors (Lipinski definition) is 0. The first-order chi connectivity index (χ1) is 4.91. The third kappa shape index (κ3) is 17.6. The first-order valence-corrected chi connectivity index (χ1v) is 3.89. The Kier molecular flexibility index (Phi) is 8.78. The van der Waals surface area contributed by atoms with E-state index in [1.807, 2.05) is 13.8 Å². The molecule has 0 aromatic carbocycles. The molecule has 0 radical (unpaired) electrons. The summed E-state index contributed by atoms with van der Waals surface area (Å²) in [7, 11) is 0. The number of ketones is 2. The molecule has 11 heavy (non-hydrogen) atoms. The maximum atomic E-state index is 10.4. The predicted octanol–water partition coefficient (Wildman–Crippen LogP) is 2.22. The first kappa shape index (κ1) is 13.0. The zero-order valence-corrected chi connectivity index (χ0v) is 8.10. The number of rotatable bonds is 2. The van der Waals surface area contributed by atoms with Crippen LogP contribution in [0.5, 0.6) is 0 Å². The van der Waals surface area contributed by atoms with E-state index in [1.54, 1.807) is 6.92 Å². The van der Waals surface area contributed by atoms with E-state index < -0.39 is 0 Å². The minimum Gasteiger partial charge on any atom is -0.300 e. The lowest BCUT2D eigenvalue weighted by Crippen LogP contribution is -2.03. The lowest BCUT2D eigenvalue weighted by molar-refractivity contribution is -0.120. The molecular weight excluding hydrogens is 140 g/mol. The zero-order chi connectivity index (χ0) is 9.44. The van der Waals surface area contributed by atoms with Crippen molar-refractivity contribution in [1.82, 2.24) is 0 Å². The van der Waals surface area contributed by atoms with Gasteiger partial charge in [-0.3, -0.25) is 4.79 Å². The summed E-state index contributed by atoms with van der Waals surface area (Å²) in [5, 5.41) is 0. The van der Waals surface area contributed by atoms with Gasteiger partial charge in [-0.05, 0) is 27.2 Å². The van der Waals surface area contributed by atoms with Crippen LogP contribution in [-0.4, -0.2) is 11.6 Å². The monoisotopic (exact) mass is 158 g/mol. The molecule has 0 aliphatic heterocycles. The van der Waals surface area contributed by atoms with E-state index in [0.717, 1.165) is 6.42 Å². The molecule has 1 unspecified atom stereocenters. The van der Waals surface area contributed by atoms with E-state index in [-0.39, 0.29) is 11.7 Å². The lowest BCUT2D eigenvalue weighted by Gasteiger charge is -1.98. The molecule has 2 heteroatoms. The normalized spacial score (nSPS) is 11.0. The van der Waals surface area contributed by atoms with Gasteiger partial charge in [-0.2, -0.15) is 0 Å². The molecule has 1 atom stereocenters. The Labute approximate surface area is 69.0 Å². The van der Waals surface area contributed by atoms with Gasteiger partial charge >= 0.3 is 0 Å². The molecule has 0 N–H and O–H groups in total. The molecule has 0 aromatic heterocycles. The highest BCUT2D eigenvalue weighted by molar-refractivity contribution is 5.77. The molecule has 0 rings (SSSR count). The molecule has 0 spiro atoms. The Morgan fingerprint density at radius 3 is 1.45 bits per heavy atom.